The Hall–Kier alpha value is -3.08. The van der Waals surface area contributed by atoms with E-state index in [0.717, 1.165) is 53.1 Å². The minimum Gasteiger partial charge on any atom is -0.363 e. The van der Waals surface area contributed by atoms with Crippen LogP contribution in [0.2, 0.25) is 5.15 Å². The summed E-state index contributed by atoms with van der Waals surface area (Å²) in [6, 6.07) is 3.82. The molecule has 1 unspecified atom stereocenters. The van der Waals surface area contributed by atoms with Gasteiger partial charge in [0.05, 0.1) is 11.4 Å². The Balaban J connectivity index is 1.26. The molecule has 3 aromatic heterocycles. The number of fused-ring (bicyclic) bond motifs is 4. The zero-order chi connectivity index (χ0) is 25.9. The Bertz CT molecular complexity index is 1330. The molecule has 2 fully saturated rings. The Morgan fingerprint density at radius 2 is 2.00 bits per heavy atom. The van der Waals surface area contributed by atoms with Crippen molar-refractivity contribution in [2.24, 2.45) is 11.8 Å². The lowest BCUT2D eigenvalue weighted by atomic mass is 9.91. The quantitative estimate of drug-likeness (QED) is 0.488. The first-order valence-electron chi connectivity index (χ1n) is 12.5. The van der Waals surface area contributed by atoms with E-state index in [2.05, 4.69) is 42.0 Å². The number of hydrogen-bond donors (Lipinski definition) is 2. The number of amides is 1. The first-order valence-corrected chi connectivity index (χ1v) is 12.9. The van der Waals surface area contributed by atoms with Gasteiger partial charge < -0.3 is 20.1 Å². The number of piperidine rings is 1. The van der Waals surface area contributed by atoms with Crippen molar-refractivity contribution in [1.29, 1.82) is 0 Å². The molecule has 4 atom stereocenters. The molecule has 2 bridgehead atoms. The van der Waals surface area contributed by atoms with Crippen molar-refractivity contribution in [3.05, 3.63) is 41.1 Å². The average Bonchev–Trinajstić information content (AvgIpc) is 3.36. The summed E-state index contributed by atoms with van der Waals surface area (Å²) in [6.45, 7) is 4.03. The molecule has 1 saturated heterocycles. The largest absolute Gasteiger partial charge is 0.397 e. The Kier molecular flexibility index (Phi) is 5.93. The fraction of sp³-hybridized carbons (Fsp3) is 0.520. The number of H-pyrrole nitrogens is 1. The van der Waals surface area contributed by atoms with Gasteiger partial charge >= 0.3 is 6.18 Å². The van der Waals surface area contributed by atoms with E-state index in [1.54, 1.807) is 6.33 Å². The van der Waals surface area contributed by atoms with E-state index in [1.807, 2.05) is 18.3 Å². The number of halogens is 4. The molecule has 37 heavy (non-hydrogen) atoms. The summed E-state index contributed by atoms with van der Waals surface area (Å²) in [5.41, 5.74) is 3.79. The zero-order valence-corrected chi connectivity index (χ0v) is 21.0. The van der Waals surface area contributed by atoms with Crippen molar-refractivity contribution in [2.45, 2.75) is 57.4 Å². The average molecular weight is 534 g/mol. The van der Waals surface area contributed by atoms with E-state index in [-0.39, 0.29) is 23.9 Å². The first-order chi connectivity index (χ1) is 17.7. The van der Waals surface area contributed by atoms with Crippen LogP contribution in [0.1, 0.15) is 37.4 Å². The highest BCUT2D eigenvalue weighted by Crippen LogP contribution is 2.41. The zero-order valence-electron chi connectivity index (χ0n) is 20.2. The lowest BCUT2D eigenvalue weighted by Gasteiger charge is -2.42. The second-order valence-electron chi connectivity index (χ2n) is 10.4. The third-order valence-electron chi connectivity index (χ3n) is 7.97. The fourth-order valence-corrected chi connectivity index (χ4v) is 6.55. The second kappa shape index (κ2) is 9.04. The monoisotopic (exact) mass is 533 g/mol. The van der Waals surface area contributed by atoms with Gasteiger partial charge in [-0.15, -0.1) is 0 Å². The maximum absolute atomic E-state index is 12.7. The van der Waals surface area contributed by atoms with Crippen molar-refractivity contribution in [1.82, 2.24) is 25.3 Å². The normalized spacial score (nSPS) is 25.4. The van der Waals surface area contributed by atoms with E-state index in [0.29, 0.717) is 24.8 Å². The third kappa shape index (κ3) is 4.58. The maximum atomic E-state index is 12.7. The van der Waals surface area contributed by atoms with Gasteiger partial charge in [-0.3, -0.25) is 4.79 Å². The number of anilines is 2. The van der Waals surface area contributed by atoms with E-state index < -0.39 is 18.5 Å². The number of alkyl halides is 3. The molecule has 0 spiro atoms. The summed E-state index contributed by atoms with van der Waals surface area (Å²) in [5.74, 6) is 0.0839. The number of carbonyl (C=O) groups excluding carboxylic acids is 1. The molecular weight excluding hydrogens is 507 g/mol. The highest BCUT2D eigenvalue weighted by Gasteiger charge is 2.45. The predicted octanol–water partition coefficient (Wildman–Crippen LogP) is 4.24. The molecule has 12 heteroatoms. The summed E-state index contributed by atoms with van der Waals surface area (Å²) >= 11 is 6.34. The van der Waals surface area contributed by atoms with Crippen LogP contribution in [-0.4, -0.2) is 57.2 Å². The van der Waals surface area contributed by atoms with Crippen molar-refractivity contribution in [2.75, 3.05) is 22.9 Å². The van der Waals surface area contributed by atoms with Crippen molar-refractivity contribution in [3.63, 3.8) is 0 Å². The Labute approximate surface area is 216 Å². The minimum atomic E-state index is -4.50. The molecule has 5 heterocycles. The summed E-state index contributed by atoms with van der Waals surface area (Å²) < 4.78 is 38.1. The molecule has 0 radical (unpaired) electrons. The Morgan fingerprint density at radius 3 is 2.73 bits per heavy atom. The van der Waals surface area contributed by atoms with Gasteiger partial charge in [-0.05, 0) is 43.7 Å². The number of hydrogen-bond acceptors (Lipinski definition) is 6. The number of carbonyl (C=O) groups is 1. The summed E-state index contributed by atoms with van der Waals surface area (Å²) in [6.07, 6.45) is -0.00460. The smallest absolute Gasteiger partial charge is 0.363 e. The van der Waals surface area contributed by atoms with Gasteiger partial charge in [-0.1, -0.05) is 11.6 Å². The van der Waals surface area contributed by atoms with Crippen molar-refractivity contribution in [3.8, 4) is 0 Å². The molecule has 1 saturated carbocycles. The lowest BCUT2D eigenvalue weighted by Crippen LogP contribution is -2.53. The van der Waals surface area contributed by atoms with Gasteiger partial charge in [0.15, 0.2) is 0 Å². The third-order valence-corrected chi connectivity index (χ3v) is 8.16. The molecule has 0 aromatic carbocycles. The number of nitrogens with one attached hydrogen (secondary N) is 2. The standard InChI is InChI=1S/C25H27ClF3N7O/c1-13-6-18-17(11-36(13)19-7-20(26)33-23-16(19)4-5-30-23)24(32-12-31-18)35-9-14-2-3-15(10-35)22(14)34-21(37)8-25(27,28)29/h4-5,7,12-15,22H,2-3,6,8-11H2,1H3,(H,30,33)(H,34,37)/t13-,14-,15+,22?/m1/s1. The van der Waals surface area contributed by atoms with Gasteiger partial charge in [0.2, 0.25) is 5.91 Å². The molecular formula is C25H27ClF3N7O. The molecule has 2 aliphatic heterocycles. The van der Waals surface area contributed by atoms with Gasteiger partial charge in [0.1, 0.15) is 29.4 Å². The van der Waals surface area contributed by atoms with Crippen molar-refractivity contribution >= 4 is 40.0 Å². The molecule has 1 amide bonds. The van der Waals surface area contributed by atoms with Crippen LogP contribution in [0.25, 0.3) is 11.0 Å². The SMILES string of the molecule is C[C@@H]1Cc2ncnc(N3C[C@H]4CC[C@@H](C3)C4NC(=O)CC(F)(F)F)c2CN1c1cc(Cl)nc2[nH]ccc12. The van der Waals surface area contributed by atoms with Crippen molar-refractivity contribution < 1.29 is 18.0 Å². The summed E-state index contributed by atoms with van der Waals surface area (Å²) in [5, 5.41) is 4.09. The first kappa shape index (κ1) is 24.3. The van der Waals surface area contributed by atoms with Crippen LogP contribution >= 0.6 is 11.6 Å². The van der Waals surface area contributed by atoms with Crippen LogP contribution in [-0.2, 0) is 17.8 Å². The number of aromatic nitrogens is 4. The van der Waals surface area contributed by atoms with Gasteiger partial charge in [-0.2, -0.15) is 13.2 Å². The maximum Gasteiger partial charge on any atom is 0.397 e. The van der Waals surface area contributed by atoms with Crippen LogP contribution < -0.4 is 15.1 Å². The van der Waals surface area contributed by atoms with E-state index in [4.69, 9.17) is 11.6 Å². The summed E-state index contributed by atoms with van der Waals surface area (Å²) in [4.78, 5) is 33.3. The number of rotatable bonds is 4. The van der Waals surface area contributed by atoms with Crippen LogP contribution in [0, 0.1) is 11.8 Å². The lowest BCUT2D eigenvalue weighted by molar-refractivity contribution is -0.154. The van der Waals surface area contributed by atoms with Crippen LogP contribution in [0.3, 0.4) is 0 Å². The molecule has 1 aliphatic carbocycles. The molecule has 8 nitrogen and oxygen atoms in total. The molecule has 6 rings (SSSR count). The molecule has 196 valence electrons. The Morgan fingerprint density at radius 1 is 1.24 bits per heavy atom. The van der Waals surface area contributed by atoms with Gasteiger partial charge in [0, 0.05) is 55.3 Å². The summed E-state index contributed by atoms with van der Waals surface area (Å²) in [7, 11) is 0. The highest BCUT2D eigenvalue weighted by atomic mass is 35.5. The molecule has 3 aliphatic rings. The number of nitrogens with zero attached hydrogens (tertiary/aromatic N) is 5. The van der Waals surface area contributed by atoms with Gasteiger partial charge in [0.25, 0.3) is 0 Å². The predicted molar refractivity (Wildman–Crippen MR) is 134 cm³/mol. The second-order valence-corrected chi connectivity index (χ2v) is 10.8. The van der Waals surface area contributed by atoms with Crippen LogP contribution in [0.4, 0.5) is 24.7 Å². The van der Waals surface area contributed by atoms with Gasteiger partial charge in [-0.25, -0.2) is 15.0 Å². The highest BCUT2D eigenvalue weighted by molar-refractivity contribution is 6.30. The van der Waals surface area contributed by atoms with E-state index in [1.165, 1.54) is 0 Å². The van der Waals surface area contributed by atoms with Crippen LogP contribution in [0.15, 0.2) is 24.7 Å². The fourth-order valence-electron chi connectivity index (χ4n) is 6.36. The van der Waals surface area contributed by atoms with E-state index in [9.17, 15) is 18.0 Å². The minimum absolute atomic E-state index is 0.0821. The van der Waals surface area contributed by atoms with Crippen LogP contribution in [0.5, 0.6) is 0 Å². The molecule has 2 N–H and O–H groups in total. The number of pyridine rings is 1. The molecule has 3 aromatic rings. The van der Waals surface area contributed by atoms with E-state index >= 15 is 0 Å². The number of aromatic amines is 1. The topological polar surface area (TPSA) is 90.0 Å².